The van der Waals surface area contributed by atoms with Gasteiger partial charge in [-0.05, 0) is 92.0 Å². The van der Waals surface area contributed by atoms with Gasteiger partial charge in [0.25, 0.3) is 15.9 Å². The number of nitrogens with one attached hydrogen (secondary N) is 1. The van der Waals surface area contributed by atoms with Gasteiger partial charge in [0.15, 0.2) is 0 Å². The Morgan fingerprint density at radius 2 is 1.73 bits per heavy atom. The van der Waals surface area contributed by atoms with Gasteiger partial charge in [0.2, 0.25) is 0 Å². The molecule has 2 aromatic carbocycles. The van der Waals surface area contributed by atoms with Crippen LogP contribution < -0.4 is 4.72 Å². The number of hydrogen-bond acceptors (Lipinski definition) is 3. The molecule has 9 heteroatoms. The third-order valence-electron chi connectivity index (χ3n) is 2.59. The largest absolute Gasteiger partial charge is 0.268 e. The lowest BCUT2D eigenvalue weighted by atomic mass is 10.2. The fourth-order valence-corrected chi connectivity index (χ4v) is 5.06. The molecule has 0 aliphatic heterocycles. The van der Waals surface area contributed by atoms with E-state index in [-0.39, 0.29) is 5.56 Å². The maximum atomic E-state index is 13.6. The average molecular weight is 657 g/mol. The van der Waals surface area contributed by atoms with Gasteiger partial charge in [0.1, 0.15) is 10.7 Å². The summed E-state index contributed by atoms with van der Waals surface area (Å²) >= 11 is 6.07. The summed E-state index contributed by atoms with van der Waals surface area (Å²) in [6.45, 7) is 0. The van der Waals surface area contributed by atoms with Gasteiger partial charge in [0.05, 0.1) is 5.56 Å². The van der Waals surface area contributed by atoms with Crippen molar-refractivity contribution >= 4 is 83.7 Å². The van der Waals surface area contributed by atoms with E-state index in [0.29, 0.717) is 3.57 Å². The van der Waals surface area contributed by atoms with Crippen LogP contribution in [0.25, 0.3) is 0 Å². The Kier molecular flexibility index (Phi) is 6.04. The molecule has 2 aromatic rings. The van der Waals surface area contributed by atoms with Crippen LogP contribution in [0, 0.1) is 16.5 Å². The summed E-state index contributed by atoms with van der Waals surface area (Å²) in [4.78, 5) is 11.7. The predicted octanol–water partition coefficient (Wildman–Crippen LogP) is 3.76. The van der Waals surface area contributed by atoms with E-state index in [1.54, 1.807) is 6.07 Å². The minimum absolute atomic E-state index is 0.233. The Morgan fingerprint density at radius 1 is 1.09 bits per heavy atom. The maximum Gasteiger partial charge on any atom is 0.267 e. The minimum Gasteiger partial charge on any atom is -0.268 e. The molecule has 116 valence electrons. The summed E-state index contributed by atoms with van der Waals surface area (Å²) in [5.41, 5.74) is 0.233. The molecule has 4 nitrogen and oxygen atoms in total. The molecule has 0 heterocycles. The van der Waals surface area contributed by atoms with Crippen LogP contribution in [-0.4, -0.2) is 14.3 Å². The van der Waals surface area contributed by atoms with E-state index in [0.717, 1.165) is 19.3 Å². The quantitative estimate of drug-likeness (QED) is 0.405. The molecule has 0 fully saturated rings. The SMILES string of the molecule is O=C(NS(=O)(=O)c1ccccc1F)c1cc(I)cc(I)c1I. The van der Waals surface area contributed by atoms with E-state index < -0.39 is 26.6 Å². The number of carbonyl (C=O) groups is 1. The summed E-state index contributed by atoms with van der Waals surface area (Å²) in [6.07, 6.45) is 0. The first-order chi connectivity index (χ1) is 10.2. The molecule has 0 radical (unpaired) electrons. The first-order valence-corrected chi connectivity index (χ1v) is 10.4. The first-order valence-electron chi connectivity index (χ1n) is 5.68. The molecule has 0 atom stereocenters. The summed E-state index contributed by atoms with van der Waals surface area (Å²) in [6, 6.07) is 8.34. The number of sulfonamides is 1. The van der Waals surface area contributed by atoms with Gasteiger partial charge in [-0.25, -0.2) is 17.5 Å². The first kappa shape index (κ1) is 18.3. The summed E-state index contributed by atoms with van der Waals surface area (Å²) in [7, 11) is -4.26. The molecule has 0 bridgehead atoms. The highest BCUT2D eigenvalue weighted by Gasteiger charge is 2.23. The Labute approximate surface area is 167 Å². The highest BCUT2D eigenvalue weighted by molar-refractivity contribution is 14.1. The molecule has 0 unspecified atom stereocenters. The van der Waals surface area contributed by atoms with Crippen molar-refractivity contribution in [2.24, 2.45) is 0 Å². The molecule has 22 heavy (non-hydrogen) atoms. The molecule has 1 N–H and O–H groups in total. The molecule has 0 aliphatic rings. The highest BCUT2D eigenvalue weighted by atomic mass is 127. The fraction of sp³-hybridized carbons (Fsp3) is 0. The molecular formula is C13H7FI3NO3S. The van der Waals surface area contributed by atoms with E-state index in [1.165, 1.54) is 12.1 Å². The number of hydrogen-bond donors (Lipinski definition) is 1. The van der Waals surface area contributed by atoms with E-state index in [2.05, 4.69) is 22.6 Å². The number of rotatable bonds is 3. The van der Waals surface area contributed by atoms with Crippen LogP contribution in [-0.2, 0) is 10.0 Å². The van der Waals surface area contributed by atoms with Crippen LogP contribution in [0.4, 0.5) is 4.39 Å². The number of carbonyl (C=O) groups excluding carboxylic acids is 1. The van der Waals surface area contributed by atoms with Crippen molar-refractivity contribution in [3.8, 4) is 0 Å². The minimum atomic E-state index is -4.26. The lowest BCUT2D eigenvalue weighted by Gasteiger charge is -2.10. The summed E-state index contributed by atoms with van der Waals surface area (Å²) < 4.78 is 42.1. The molecule has 0 aromatic heterocycles. The van der Waals surface area contributed by atoms with Crippen LogP contribution in [0.2, 0.25) is 0 Å². The molecule has 1 amide bonds. The van der Waals surface area contributed by atoms with Crippen molar-refractivity contribution in [2.75, 3.05) is 0 Å². The Balaban J connectivity index is 2.39. The zero-order valence-electron chi connectivity index (χ0n) is 10.6. The lowest BCUT2D eigenvalue weighted by Crippen LogP contribution is -2.32. The number of benzene rings is 2. The third-order valence-corrected chi connectivity index (χ3v) is 7.62. The zero-order chi connectivity index (χ0) is 16.5. The fourth-order valence-electron chi connectivity index (χ4n) is 1.62. The van der Waals surface area contributed by atoms with E-state index in [1.807, 2.05) is 56.0 Å². The van der Waals surface area contributed by atoms with Crippen LogP contribution >= 0.6 is 67.8 Å². The molecular weight excluding hydrogens is 650 g/mol. The van der Waals surface area contributed by atoms with E-state index in [9.17, 15) is 17.6 Å². The van der Waals surface area contributed by atoms with Crippen molar-refractivity contribution in [3.05, 3.63) is 58.5 Å². The van der Waals surface area contributed by atoms with Gasteiger partial charge in [-0.2, -0.15) is 0 Å². The second-order valence-corrected chi connectivity index (χ2v) is 9.25. The van der Waals surface area contributed by atoms with E-state index in [4.69, 9.17) is 0 Å². The smallest absolute Gasteiger partial charge is 0.267 e. The predicted molar refractivity (Wildman–Crippen MR) is 106 cm³/mol. The summed E-state index contributed by atoms with van der Waals surface area (Å²) in [5.74, 6) is -1.70. The Bertz CT molecular complexity index is 856. The maximum absolute atomic E-state index is 13.6. The molecule has 0 saturated heterocycles. The lowest BCUT2D eigenvalue weighted by molar-refractivity contribution is 0.0980. The van der Waals surface area contributed by atoms with Crippen molar-refractivity contribution in [1.82, 2.24) is 4.72 Å². The number of halogens is 4. The zero-order valence-corrected chi connectivity index (χ0v) is 17.9. The Hall–Kier alpha value is -0.0200. The average Bonchev–Trinajstić information content (AvgIpc) is 2.42. The highest BCUT2D eigenvalue weighted by Crippen LogP contribution is 2.23. The van der Waals surface area contributed by atoms with Gasteiger partial charge in [-0.15, -0.1) is 0 Å². The van der Waals surface area contributed by atoms with Gasteiger partial charge in [-0.1, -0.05) is 12.1 Å². The van der Waals surface area contributed by atoms with Crippen LogP contribution in [0.15, 0.2) is 41.3 Å². The van der Waals surface area contributed by atoms with Gasteiger partial charge in [0, 0.05) is 10.7 Å². The van der Waals surface area contributed by atoms with Crippen LogP contribution in [0.3, 0.4) is 0 Å². The standard InChI is InChI=1S/C13H7FI3NO3S/c14-9-3-1-2-4-11(9)22(20,21)18-13(19)8-5-7(15)6-10(16)12(8)17/h1-6H,(H,18,19). The van der Waals surface area contributed by atoms with Crippen molar-refractivity contribution in [2.45, 2.75) is 4.90 Å². The topological polar surface area (TPSA) is 63.2 Å². The van der Waals surface area contributed by atoms with Crippen molar-refractivity contribution in [3.63, 3.8) is 0 Å². The van der Waals surface area contributed by atoms with Crippen LogP contribution in [0.1, 0.15) is 10.4 Å². The molecule has 2 rings (SSSR count). The third kappa shape index (κ3) is 4.08. The monoisotopic (exact) mass is 657 g/mol. The van der Waals surface area contributed by atoms with E-state index >= 15 is 0 Å². The molecule has 0 aliphatic carbocycles. The second kappa shape index (κ2) is 7.25. The molecule has 0 spiro atoms. The molecule has 0 saturated carbocycles. The second-order valence-electron chi connectivity index (χ2n) is 4.11. The van der Waals surface area contributed by atoms with Crippen LogP contribution in [0.5, 0.6) is 0 Å². The summed E-state index contributed by atoms with van der Waals surface area (Å²) in [5, 5.41) is 0. The van der Waals surface area contributed by atoms with Gasteiger partial charge in [-0.3, -0.25) is 4.79 Å². The van der Waals surface area contributed by atoms with Gasteiger partial charge < -0.3 is 0 Å². The van der Waals surface area contributed by atoms with Crippen molar-refractivity contribution in [1.29, 1.82) is 0 Å². The van der Waals surface area contributed by atoms with Gasteiger partial charge >= 0.3 is 0 Å². The number of amides is 1. The normalized spacial score (nSPS) is 11.3. The Morgan fingerprint density at radius 3 is 2.36 bits per heavy atom. The van der Waals surface area contributed by atoms with Crippen molar-refractivity contribution < 1.29 is 17.6 Å².